The molecule has 2 amide bonds. The summed E-state index contributed by atoms with van der Waals surface area (Å²) in [6.07, 6.45) is 4.78. The van der Waals surface area contributed by atoms with Crippen LogP contribution in [0.3, 0.4) is 0 Å². The number of likely N-dealkylation sites (tertiary alicyclic amines) is 1. The van der Waals surface area contributed by atoms with E-state index in [2.05, 4.69) is 20.5 Å². The first-order valence-corrected chi connectivity index (χ1v) is 20.4. The number of fused-ring (bicyclic) bond motifs is 1. The van der Waals surface area contributed by atoms with Gasteiger partial charge in [-0.2, -0.15) is 0 Å². The quantitative estimate of drug-likeness (QED) is 0.0799. The highest BCUT2D eigenvalue weighted by Gasteiger charge is 2.49. The lowest BCUT2D eigenvalue weighted by atomic mass is 9.64. The second-order valence-corrected chi connectivity index (χ2v) is 15.9. The minimum absolute atomic E-state index is 0.00746. The largest absolute Gasteiger partial charge is 0.487 e. The fourth-order valence-corrected chi connectivity index (χ4v) is 9.22. The highest BCUT2D eigenvalue weighted by Crippen LogP contribution is 2.43. The van der Waals surface area contributed by atoms with E-state index in [9.17, 15) is 19.5 Å². The zero-order valence-corrected chi connectivity index (χ0v) is 32.6. The molecule has 2 unspecified atom stereocenters. The number of aliphatic hydroxyl groups excluding tert-OH is 1. The van der Waals surface area contributed by atoms with Gasteiger partial charge in [0.05, 0.1) is 11.6 Å². The number of amides is 2. The van der Waals surface area contributed by atoms with Crippen LogP contribution in [0.2, 0.25) is 0 Å². The Labute approximate surface area is 334 Å². The Hall–Kier alpha value is -5.29. The van der Waals surface area contributed by atoms with Crippen molar-refractivity contribution in [3.05, 3.63) is 148 Å². The number of primary amides is 1. The van der Waals surface area contributed by atoms with Crippen LogP contribution >= 0.6 is 0 Å². The van der Waals surface area contributed by atoms with Crippen molar-refractivity contribution in [1.29, 1.82) is 0 Å². The summed E-state index contributed by atoms with van der Waals surface area (Å²) in [7, 11) is 0. The molecule has 1 saturated carbocycles. The summed E-state index contributed by atoms with van der Waals surface area (Å²) in [6, 6.07) is 36.5. The number of carbonyl (C=O) groups is 2. The Balaban J connectivity index is 0.864. The van der Waals surface area contributed by atoms with Crippen LogP contribution in [0, 0.1) is 17.8 Å². The third-order valence-corrected chi connectivity index (χ3v) is 12.1. The van der Waals surface area contributed by atoms with Crippen molar-refractivity contribution < 1.29 is 19.4 Å². The number of benzene rings is 4. The normalized spacial score (nSPS) is 19.3. The van der Waals surface area contributed by atoms with Gasteiger partial charge in [0.2, 0.25) is 17.4 Å². The molecule has 0 radical (unpaired) electrons. The molecule has 10 nitrogen and oxygen atoms in total. The summed E-state index contributed by atoms with van der Waals surface area (Å²) in [5.74, 6) is 1.13. The summed E-state index contributed by atoms with van der Waals surface area (Å²) >= 11 is 0. The minimum Gasteiger partial charge on any atom is -0.487 e. The Bertz CT molecular complexity index is 2100. The van der Waals surface area contributed by atoms with Crippen LogP contribution in [-0.4, -0.2) is 66.1 Å². The highest BCUT2D eigenvalue weighted by molar-refractivity contribution is 5.91. The number of nitrogens with two attached hydrogens (primary N) is 1. The van der Waals surface area contributed by atoms with Crippen LogP contribution < -0.4 is 26.7 Å². The van der Waals surface area contributed by atoms with E-state index in [4.69, 9.17) is 10.5 Å². The number of H-pyrrole nitrogens is 1. The van der Waals surface area contributed by atoms with Crippen LogP contribution in [0.1, 0.15) is 66.9 Å². The number of pyridine rings is 1. The van der Waals surface area contributed by atoms with Crippen molar-refractivity contribution in [2.75, 3.05) is 39.3 Å². The third kappa shape index (κ3) is 9.47. The predicted octanol–water partition coefficient (Wildman–Crippen LogP) is 5.84. The Morgan fingerprint density at radius 2 is 1.53 bits per heavy atom. The molecular weight excluding hydrogens is 715 g/mol. The summed E-state index contributed by atoms with van der Waals surface area (Å²) < 4.78 is 6.08. The molecule has 2 heterocycles. The first-order chi connectivity index (χ1) is 27.8. The first kappa shape index (κ1) is 39.9. The van der Waals surface area contributed by atoms with Gasteiger partial charge in [-0.25, -0.2) is 0 Å². The van der Waals surface area contributed by atoms with Gasteiger partial charge in [0.1, 0.15) is 17.8 Å². The van der Waals surface area contributed by atoms with Crippen molar-refractivity contribution in [2.24, 2.45) is 23.5 Å². The summed E-state index contributed by atoms with van der Waals surface area (Å²) in [6.45, 7) is 4.32. The van der Waals surface area contributed by atoms with Crippen molar-refractivity contribution in [1.82, 2.24) is 20.5 Å². The molecule has 4 atom stereocenters. The van der Waals surface area contributed by atoms with Gasteiger partial charge in [0.25, 0.3) is 0 Å². The van der Waals surface area contributed by atoms with Crippen LogP contribution in [0.4, 0.5) is 0 Å². The van der Waals surface area contributed by atoms with Crippen LogP contribution in [0.5, 0.6) is 5.75 Å². The predicted molar refractivity (Wildman–Crippen MR) is 224 cm³/mol. The maximum Gasteiger partial charge on any atom is 0.248 e. The van der Waals surface area contributed by atoms with Gasteiger partial charge < -0.3 is 36.1 Å². The maximum absolute atomic E-state index is 13.4. The van der Waals surface area contributed by atoms with Crippen molar-refractivity contribution in [2.45, 2.75) is 56.7 Å². The van der Waals surface area contributed by atoms with Crippen molar-refractivity contribution in [3.63, 3.8) is 0 Å². The smallest absolute Gasteiger partial charge is 0.248 e. The van der Waals surface area contributed by atoms with Crippen molar-refractivity contribution in [3.8, 4) is 5.75 Å². The Kier molecular flexibility index (Phi) is 13.1. The number of ether oxygens (including phenoxy) is 1. The number of rotatable bonds is 17. The van der Waals surface area contributed by atoms with Gasteiger partial charge in [-0.15, -0.1) is 0 Å². The lowest BCUT2D eigenvalue weighted by Gasteiger charge is -2.37. The Morgan fingerprint density at radius 1 is 0.860 bits per heavy atom. The van der Waals surface area contributed by atoms with Crippen LogP contribution in [-0.2, 0) is 21.6 Å². The molecule has 5 aromatic rings. The second kappa shape index (κ2) is 18.8. The number of aromatic amines is 1. The summed E-state index contributed by atoms with van der Waals surface area (Å²) in [5, 5.41) is 18.7. The number of hydrogen-bond donors (Lipinski definition) is 5. The van der Waals surface area contributed by atoms with E-state index in [0.717, 1.165) is 72.8 Å². The van der Waals surface area contributed by atoms with E-state index in [1.807, 2.05) is 103 Å². The molecule has 10 heteroatoms. The van der Waals surface area contributed by atoms with E-state index in [1.54, 1.807) is 6.07 Å². The molecule has 298 valence electrons. The first-order valence-electron chi connectivity index (χ1n) is 20.4. The zero-order valence-electron chi connectivity index (χ0n) is 32.6. The molecule has 0 bridgehead atoms. The molecule has 6 N–H and O–H groups in total. The fraction of sp³-hybridized carbons (Fsp3) is 0.383. The molecule has 1 aliphatic carbocycles. The van der Waals surface area contributed by atoms with Crippen LogP contribution in [0.15, 0.2) is 120 Å². The van der Waals surface area contributed by atoms with Gasteiger partial charge in [0, 0.05) is 44.1 Å². The van der Waals surface area contributed by atoms with E-state index in [-0.39, 0.29) is 23.3 Å². The Morgan fingerprint density at radius 3 is 2.21 bits per heavy atom. The SMILES string of the molecule is NC(=O)C(c1ccccc1)(c1ccccc1)[C@@H]1CCN(CCC(=O)NCC2CCCC(CNC[C@H](O)c3ccc(OCc4ccccc4)c4[nH]c(=O)ccc34)C2)C1. The zero-order chi connectivity index (χ0) is 39.6. The number of aromatic nitrogens is 1. The van der Waals surface area contributed by atoms with E-state index in [1.165, 1.54) is 6.07 Å². The number of hydrogen-bond acceptors (Lipinski definition) is 7. The maximum atomic E-state index is 13.4. The van der Waals surface area contributed by atoms with Gasteiger partial charge in [-0.05, 0) is 90.9 Å². The number of nitrogens with zero attached hydrogens (tertiary/aromatic N) is 1. The molecule has 1 aliphatic heterocycles. The van der Waals surface area contributed by atoms with Gasteiger partial charge in [-0.3, -0.25) is 14.4 Å². The van der Waals surface area contributed by atoms with E-state index >= 15 is 0 Å². The molecule has 57 heavy (non-hydrogen) atoms. The van der Waals surface area contributed by atoms with Gasteiger partial charge in [-0.1, -0.05) is 103 Å². The lowest BCUT2D eigenvalue weighted by molar-refractivity contribution is -0.124. The summed E-state index contributed by atoms with van der Waals surface area (Å²) in [4.78, 5) is 44.0. The van der Waals surface area contributed by atoms with Gasteiger partial charge >= 0.3 is 0 Å². The average Bonchev–Trinajstić information content (AvgIpc) is 3.71. The molecule has 4 aromatic carbocycles. The highest BCUT2D eigenvalue weighted by atomic mass is 16.5. The fourth-order valence-electron chi connectivity index (χ4n) is 9.22. The summed E-state index contributed by atoms with van der Waals surface area (Å²) in [5.41, 5.74) is 9.25. The van der Waals surface area contributed by atoms with Crippen LogP contribution in [0.25, 0.3) is 10.9 Å². The molecule has 0 spiro atoms. The molecule has 1 aromatic heterocycles. The van der Waals surface area contributed by atoms with E-state index in [0.29, 0.717) is 62.3 Å². The minimum atomic E-state index is -0.941. The standard InChI is InChI=1S/C47H55N5O5/c48-46(56)47(36-15-6-2-7-16-36,37-17-8-3-9-18-37)38-23-25-52(31-38)26-24-43(54)50-29-35-14-10-13-34(27-35)28-49-30-41(53)39-19-21-42(45-40(39)20-22-44(55)51-45)57-32-33-11-4-1-5-12-33/h1-9,11-12,15-22,34-35,38,41,49,53H,10,13-14,23-32H2,(H2,48,56)(H,50,54)(H,51,55)/t34?,35?,38-,41+/m1/s1. The number of aliphatic hydroxyl groups is 1. The third-order valence-electron chi connectivity index (χ3n) is 12.1. The second-order valence-electron chi connectivity index (χ2n) is 15.9. The number of carbonyl (C=O) groups excluding carboxylic acids is 2. The molecule has 2 fully saturated rings. The monoisotopic (exact) mass is 769 g/mol. The topological polar surface area (TPSA) is 150 Å². The average molecular weight is 770 g/mol. The molecular formula is C47H55N5O5. The lowest BCUT2D eigenvalue weighted by Crippen LogP contribution is -2.49. The molecule has 7 rings (SSSR count). The molecule has 2 aliphatic rings. The van der Waals surface area contributed by atoms with Crippen molar-refractivity contribution >= 4 is 22.7 Å². The molecule has 1 saturated heterocycles. The van der Waals surface area contributed by atoms with E-state index < -0.39 is 11.5 Å². The number of nitrogens with one attached hydrogen (secondary N) is 3. The van der Waals surface area contributed by atoms with Gasteiger partial charge in [0.15, 0.2) is 0 Å².